The molecule has 6 heteroatoms. The van der Waals surface area contributed by atoms with Gasteiger partial charge in [-0.25, -0.2) is 10.4 Å². The molecule has 2 aromatic heterocycles. The summed E-state index contributed by atoms with van der Waals surface area (Å²) in [5, 5.41) is 15.0. The van der Waals surface area contributed by atoms with E-state index in [4.69, 9.17) is 0 Å². The first kappa shape index (κ1) is 17.9. The largest absolute Gasteiger partial charge is 0.507 e. The van der Waals surface area contributed by atoms with Crippen LogP contribution in [0.1, 0.15) is 20.1 Å². The second kappa shape index (κ2) is 7.62. The first-order chi connectivity index (χ1) is 13.6. The number of pyridine rings is 1. The summed E-state index contributed by atoms with van der Waals surface area (Å²) in [6.45, 7) is 2.02. The minimum Gasteiger partial charge on any atom is -0.507 e. The van der Waals surface area contributed by atoms with Gasteiger partial charge in [-0.05, 0) is 43.3 Å². The van der Waals surface area contributed by atoms with Crippen molar-refractivity contribution in [2.75, 3.05) is 0 Å². The van der Waals surface area contributed by atoms with E-state index in [0.717, 1.165) is 10.3 Å². The fraction of sp³-hybridized carbons (Fsp3) is 0.0455. The van der Waals surface area contributed by atoms with Crippen LogP contribution >= 0.6 is 11.3 Å². The summed E-state index contributed by atoms with van der Waals surface area (Å²) in [5.74, 6) is -0.220. The highest BCUT2D eigenvalue weighted by molar-refractivity contribution is 7.13. The van der Waals surface area contributed by atoms with Gasteiger partial charge in [-0.1, -0.05) is 30.3 Å². The summed E-state index contributed by atoms with van der Waals surface area (Å²) in [6.07, 6.45) is 1.63. The smallest absolute Gasteiger partial charge is 0.272 e. The van der Waals surface area contributed by atoms with Crippen LogP contribution in [-0.4, -0.2) is 22.2 Å². The van der Waals surface area contributed by atoms with Crippen LogP contribution in [0.25, 0.3) is 22.2 Å². The van der Waals surface area contributed by atoms with Crippen molar-refractivity contribution >= 4 is 34.4 Å². The molecule has 0 aliphatic carbocycles. The summed E-state index contributed by atoms with van der Waals surface area (Å²) in [5.41, 5.74) is 4.81. The van der Waals surface area contributed by atoms with E-state index in [2.05, 4.69) is 15.5 Å². The van der Waals surface area contributed by atoms with E-state index in [0.29, 0.717) is 22.3 Å². The van der Waals surface area contributed by atoms with E-state index in [1.165, 1.54) is 4.88 Å². The molecule has 1 amide bonds. The number of fused-ring (bicyclic) bond motifs is 1. The van der Waals surface area contributed by atoms with E-state index < -0.39 is 0 Å². The lowest BCUT2D eigenvalue weighted by atomic mass is 10.0. The van der Waals surface area contributed by atoms with Gasteiger partial charge in [0.05, 0.1) is 23.0 Å². The van der Waals surface area contributed by atoms with Gasteiger partial charge >= 0.3 is 0 Å². The predicted molar refractivity (Wildman–Crippen MR) is 113 cm³/mol. The van der Waals surface area contributed by atoms with Gasteiger partial charge in [0.1, 0.15) is 5.75 Å². The van der Waals surface area contributed by atoms with Crippen molar-refractivity contribution in [1.29, 1.82) is 0 Å². The van der Waals surface area contributed by atoms with Crippen molar-refractivity contribution in [2.45, 2.75) is 6.92 Å². The number of carbonyl (C=O) groups excluding carboxylic acids is 1. The zero-order chi connectivity index (χ0) is 19.5. The number of amides is 1. The minimum atomic E-state index is -0.334. The number of rotatable bonds is 4. The van der Waals surface area contributed by atoms with Crippen molar-refractivity contribution in [2.24, 2.45) is 5.10 Å². The third-order valence-corrected chi connectivity index (χ3v) is 5.20. The van der Waals surface area contributed by atoms with Gasteiger partial charge in [0, 0.05) is 20.7 Å². The summed E-state index contributed by atoms with van der Waals surface area (Å²) in [4.78, 5) is 19.6. The van der Waals surface area contributed by atoms with Gasteiger partial charge in [0.15, 0.2) is 0 Å². The molecule has 0 aliphatic heterocycles. The molecule has 4 rings (SSSR count). The normalized spacial score (nSPS) is 11.2. The van der Waals surface area contributed by atoms with E-state index in [-0.39, 0.29) is 11.7 Å². The molecule has 0 radical (unpaired) electrons. The fourth-order valence-corrected chi connectivity index (χ4v) is 3.68. The van der Waals surface area contributed by atoms with E-state index >= 15 is 0 Å². The molecule has 0 unspecified atom stereocenters. The maximum absolute atomic E-state index is 12.8. The highest BCUT2D eigenvalue weighted by atomic mass is 32.1. The van der Waals surface area contributed by atoms with E-state index in [1.54, 1.807) is 41.8 Å². The number of carbonyl (C=O) groups is 1. The number of nitrogens with one attached hydrogen (secondary N) is 1. The summed E-state index contributed by atoms with van der Waals surface area (Å²) in [7, 11) is 0. The number of nitrogens with zero attached hydrogens (tertiary/aromatic N) is 2. The Bertz CT molecular complexity index is 1200. The summed E-state index contributed by atoms with van der Waals surface area (Å²) in [6, 6.07) is 20.0. The third kappa shape index (κ3) is 3.63. The fourth-order valence-electron chi connectivity index (χ4n) is 2.93. The molecule has 5 nitrogen and oxygen atoms in total. The summed E-state index contributed by atoms with van der Waals surface area (Å²) >= 11 is 1.60. The monoisotopic (exact) mass is 387 g/mol. The SMILES string of the molecule is Cc1ccc(/C=N\NC(=O)c2cc(-c3ccccc3O)nc3ccccc23)s1. The molecule has 0 saturated carbocycles. The number of aryl methyl sites for hydroxylation is 1. The van der Waals surface area contributed by atoms with Crippen molar-refractivity contribution in [3.63, 3.8) is 0 Å². The topological polar surface area (TPSA) is 74.6 Å². The van der Waals surface area contributed by atoms with Crippen molar-refractivity contribution in [1.82, 2.24) is 10.4 Å². The molecule has 2 heterocycles. The molecule has 4 aromatic rings. The molecule has 0 aliphatic rings. The quantitative estimate of drug-likeness (QED) is 0.392. The first-order valence-electron chi connectivity index (χ1n) is 8.70. The zero-order valence-corrected chi connectivity index (χ0v) is 15.9. The zero-order valence-electron chi connectivity index (χ0n) is 15.1. The number of phenols is 1. The van der Waals surface area contributed by atoms with Crippen molar-refractivity contribution < 1.29 is 9.90 Å². The van der Waals surface area contributed by atoms with Gasteiger partial charge in [0.25, 0.3) is 5.91 Å². The number of phenolic OH excluding ortho intramolecular Hbond substituents is 1. The number of thiophene rings is 1. The van der Waals surface area contributed by atoms with Gasteiger partial charge in [-0.3, -0.25) is 4.79 Å². The molecule has 0 fully saturated rings. The van der Waals surface area contributed by atoms with E-state index in [1.807, 2.05) is 49.4 Å². The van der Waals surface area contributed by atoms with Crippen molar-refractivity contribution in [3.05, 3.63) is 82.0 Å². The molecule has 0 atom stereocenters. The molecular weight excluding hydrogens is 370 g/mol. The molecule has 0 spiro atoms. The molecule has 0 bridgehead atoms. The molecule has 138 valence electrons. The lowest BCUT2D eigenvalue weighted by Gasteiger charge is -2.10. The lowest BCUT2D eigenvalue weighted by Crippen LogP contribution is -2.18. The molecule has 28 heavy (non-hydrogen) atoms. The van der Waals surface area contributed by atoms with Crippen LogP contribution in [-0.2, 0) is 0 Å². The Hall–Kier alpha value is -3.51. The maximum Gasteiger partial charge on any atom is 0.272 e. The minimum absolute atomic E-state index is 0.114. The van der Waals surface area contributed by atoms with E-state index in [9.17, 15) is 9.90 Å². The standard InChI is InChI=1S/C22H17N3O2S/c1-14-10-11-15(28-14)13-23-25-22(27)18-12-20(17-7-3-5-9-21(17)26)24-19-8-4-2-6-16(18)19/h2-13,26H,1H3,(H,25,27)/b23-13-. The second-order valence-electron chi connectivity index (χ2n) is 6.24. The van der Waals surface area contributed by atoms with Gasteiger partial charge in [-0.15, -0.1) is 11.3 Å². The van der Waals surface area contributed by atoms with Crippen LogP contribution in [0.15, 0.2) is 71.8 Å². The predicted octanol–water partition coefficient (Wildman–Crippen LogP) is 4.74. The number of benzene rings is 2. The number of hydrogen-bond acceptors (Lipinski definition) is 5. The number of aromatic hydroxyl groups is 1. The maximum atomic E-state index is 12.8. The Morgan fingerprint density at radius 3 is 2.68 bits per heavy atom. The van der Waals surface area contributed by atoms with Crippen LogP contribution in [0.4, 0.5) is 0 Å². The number of aromatic nitrogens is 1. The number of para-hydroxylation sites is 2. The van der Waals surface area contributed by atoms with Gasteiger partial charge < -0.3 is 5.11 Å². The third-order valence-electron chi connectivity index (χ3n) is 4.26. The first-order valence-corrected chi connectivity index (χ1v) is 9.51. The van der Waals surface area contributed by atoms with Crippen LogP contribution in [0.5, 0.6) is 5.75 Å². The molecule has 0 saturated heterocycles. The molecule has 2 aromatic carbocycles. The van der Waals surface area contributed by atoms with Crippen LogP contribution in [0.2, 0.25) is 0 Å². The Labute approximate surface area is 166 Å². The highest BCUT2D eigenvalue weighted by Gasteiger charge is 2.15. The van der Waals surface area contributed by atoms with Crippen LogP contribution in [0.3, 0.4) is 0 Å². The van der Waals surface area contributed by atoms with Crippen molar-refractivity contribution in [3.8, 4) is 17.0 Å². The highest BCUT2D eigenvalue weighted by Crippen LogP contribution is 2.30. The molecule has 2 N–H and O–H groups in total. The average molecular weight is 387 g/mol. The average Bonchev–Trinajstić information content (AvgIpc) is 3.12. The van der Waals surface area contributed by atoms with Gasteiger partial charge in [-0.2, -0.15) is 5.10 Å². The Morgan fingerprint density at radius 2 is 1.89 bits per heavy atom. The van der Waals surface area contributed by atoms with Gasteiger partial charge in [0.2, 0.25) is 0 Å². The summed E-state index contributed by atoms with van der Waals surface area (Å²) < 4.78 is 0. The Kier molecular flexibility index (Phi) is 4.87. The van der Waals surface area contributed by atoms with Crippen LogP contribution < -0.4 is 5.43 Å². The lowest BCUT2D eigenvalue weighted by molar-refractivity contribution is 0.0956. The van der Waals surface area contributed by atoms with Crippen LogP contribution in [0, 0.1) is 6.92 Å². The second-order valence-corrected chi connectivity index (χ2v) is 7.56. The Morgan fingerprint density at radius 1 is 1.11 bits per heavy atom. The molecular formula is C22H17N3O2S. The Balaban J connectivity index is 1.71. The number of hydrazone groups is 1. The number of hydrogen-bond donors (Lipinski definition) is 2.